The maximum Gasteiger partial charge on any atom is 0.160 e. The maximum atomic E-state index is 11.6. The van der Waals surface area contributed by atoms with Crippen LogP contribution < -0.4 is 0 Å². The highest BCUT2D eigenvalue weighted by Crippen LogP contribution is 2.34. The van der Waals surface area contributed by atoms with Crippen molar-refractivity contribution in [3.8, 4) is 0 Å². The molecule has 0 heterocycles. The molecule has 16 heavy (non-hydrogen) atoms. The Morgan fingerprint density at radius 1 is 1.19 bits per heavy atom. The van der Waals surface area contributed by atoms with Crippen molar-refractivity contribution in [2.24, 2.45) is 0 Å². The Morgan fingerprint density at radius 2 is 1.88 bits per heavy atom. The SMILES string of the molecule is CC(=O)c1ccc(C)cc1C1CCCCC1. The Kier molecular flexibility index (Phi) is 3.42. The lowest BCUT2D eigenvalue weighted by atomic mass is 9.81. The van der Waals surface area contributed by atoms with E-state index in [2.05, 4.69) is 13.0 Å². The van der Waals surface area contributed by atoms with Gasteiger partial charge in [-0.05, 0) is 38.2 Å². The van der Waals surface area contributed by atoms with Gasteiger partial charge in [0.05, 0.1) is 0 Å². The highest BCUT2D eigenvalue weighted by molar-refractivity contribution is 5.95. The predicted molar refractivity (Wildman–Crippen MR) is 67.0 cm³/mol. The highest BCUT2D eigenvalue weighted by atomic mass is 16.1. The van der Waals surface area contributed by atoms with Crippen LogP contribution in [-0.2, 0) is 0 Å². The molecule has 1 aromatic carbocycles. The summed E-state index contributed by atoms with van der Waals surface area (Å²) in [7, 11) is 0. The standard InChI is InChI=1S/C15H20O/c1-11-8-9-14(12(2)16)15(10-11)13-6-4-3-5-7-13/h8-10,13H,3-7H2,1-2H3. The van der Waals surface area contributed by atoms with Gasteiger partial charge in [-0.2, -0.15) is 0 Å². The average molecular weight is 216 g/mol. The summed E-state index contributed by atoms with van der Waals surface area (Å²) in [6.07, 6.45) is 6.50. The highest BCUT2D eigenvalue weighted by Gasteiger charge is 2.19. The van der Waals surface area contributed by atoms with Crippen LogP contribution in [0.25, 0.3) is 0 Å². The van der Waals surface area contributed by atoms with Crippen LogP contribution >= 0.6 is 0 Å². The molecule has 0 N–H and O–H groups in total. The number of rotatable bonds is 2. The second-order valence-electron chi connectivity index (χ2n) is 4.98. The Labute approximate surface area is 97.9 Å². The maximum absolute atomic E-state index is 11.6. The zero-order chi connectivity index (χ0) is 11.5. The van der Waals surface area contributed by atoms with E-state index in [9.17, 15) is 4.79 Å². The summed E-state index contributed by atoms with van der Waals surface area (Å²) in [5.74, 6) is 0.827. The van der Waals surface area contributed by atoms with Crippen molar-refractivity contribution in [2.45, 2.75) is 51.9 Å². The summed E-state index contributed by atoms with van der Waals surface area (Å²) in [5, 5.41) is 0. The lowest BCUT2D eigenvalue weighted by Gasteiger charge is -2.24. The largest absolute Gasteiger partial charge is 0.295 e. The van der Waals surface area contributed by atoms with E-state index in [-0.39, 0.29) is 5.78 Å². The number of carbonyl (C=O) groups is 1. The van der Waals surface area contributed by atoms with Gasteiger partial charge in [-0.15, -0.1) is 0 Å². The first-order chi connectivity index (χ1) is 7.68. The van der Waals surface area contributed by atoms with Crippen LogP contribution in [0.1, 0.15) is 66.4 Å². The Bertz CT molecular complexity index is 386. The van der Waals surface area contributed by atoms with E-state index in [4.69, 9.17) is 0 Å². The molecule has 0 spiro atoms. The Balaban J connectivity index is 2.36. The number of aryl methyl sites for hydroxylation is 1. The van der Waals surface area contributed by atoms with Crippen LogP contribution in [0.15, 0.2) is 18.2 Å². The molecule has 0 saturated heterocycles. The molecule has 1 aliphatic rings. The van der Waals surface area contributed by atoms with Gasteiger partial charge in [-0.1, -0.05) is 43.0 Å². The third-order valence-corrected chi connectivity index (χ3v) is 3.63. The summed E-state index contributed by atoms with van der Waals surface area (Å²) < 4.78 is 0. The summed E-state index contributed by atoms with van der Waals surface area (Å²) >= 11 is 0. The van der Waals surface area contributed by atoms with E-state index < -0.39 is 0 Å². The van der Waals surface area contributed by atoms with Gasteiger partial charge in [-0.3, -0.25) is 4.79 Å². The molecule has 0 aliphatic heterocycles. The minimum absolute atomic E-state index is 0.209. The monoisotopic (exact) mass is 216 g/mol. The number of carbonyl (C=O) groups excluding carboxylic acids is 1. The molecule has 0 radical (unpaired) electrons. The molecule has 1 aromatic rings. The zero-order valence-electron chi connectivity index (χ0n) is 10.3. The van der Waals surface area contributed by atoms with Gasteiger partial charge in [-0.25, -0.2) is 0 Å². The Morgan fingerprint density at radius 3 is 2.50 bits per heavy atom. The van der Waals surface area contributed by atoms with Gasteiger partial charge >= 0.3 is 0 Å². The summed E-state index contributed by atoms with van der Waals surface area (Å²) in [6, 6.07) is 6.26. The van der Waals surface area contributed by atoms with Crippen molar-refractivity contribution in [1.82, 2.24) is 0 Å². The van der Waals surface area contributed by atoms with Gasteiger partial charge in [0.1, 0.15) is 0 Å². The summed E-state index contributed by atoms with van der Waals surface area (Å²) in [6.45, 7) is 3.78. The van der Waals surface area contributed by atoms with Crippen molar-refractivity contribution in [1.29, 1.82) is 0 Å². The van der Waals surface area contributed by atoms with E-state index in [0.29, 0.717) is 5.92 Å². The molecule has 1 fully saturated rings. The summed E-state index contributed by atoms with van der Waals surface area (Å²) in [4.78, 5) is 11.6. The molecule has 0 bridgehead atoms. The normalized spacial score (nSPS) is 17.4. The van der Waals surface area contributed by atoms with Gasteiger partial charge in [0.2, 0.25) is 0 Å². The summed E-state index contributed by atoms with van der Waals surface area (Å²) in [5.41, 5.74) is 3.51. The molecule has 2 rings (SSSR count). The topological polar surface area (TPSA) is 17.1 Å². The molecule has 0 unspecified atom stereocenters. The molecule has 0 amide bonds. The first-order valence-corrected chi connectivity index (χ1v) is 6.30. The molecular formula is C15H20O. The lowest BCUT2D eigenvalue weighted by molar-refractivity contribution is 0.101. The fourth-order valence-electron chi connectivity index (χ4n) is 2.75. The van der Waals surface area contributed by atoms with Crippen molar-refractivity contribution in [3.05, 3.63) is 34.9 Å². The van der Waals surface area contributed by atoms with E-state index in [1.807, 2.05) is 12.1 Å². The van der Waals surface area contributed by atoms with Gasteiger partial charge < -0.3 is 0 Å². The van der Waals surface area contributed by atoms with Crippen LogP contribution in [0.3, 0.4) is 0 Å². The van der Waals surface area contributed by atoms with Crippen LogP contribution in [0.2, 0.25) is 0 Å². The molecule has 1 nitrogen and oxygen atoms in total. The number of hydrogen-bond acceptors (Lipinski definition) is 1. The minimum atomic E-state index is 0.209. The van der Waals surface area contributed by atoms with Crippen LogP contribution in [0, 0.1) is 6.92 Å². The third-order valence-electron chi connectivity index (χ3n) is 3.63. The van der Waals surface area contributed by atoms with E-state index >= 15 is 0 Å². The average Bonchev–Trinajstić information content (AvgIpc) is 2.29. The van der Waals surface area contributed by atoms with E-state index in [1.54, 1.807) is 6.92 Å². The van der Waals surface area contributed by atoms with Crippen molar-refractivity contribution < 1.29 is 4.79 Å². The van der Waals surface area contributed by atoms with E-state index in [1.165, 1.54) is 43.2 Å². The Hall–Kier alpha value is -1.11. The first kappa shape index (κ1) is 11.4. The molecule has 1 saturated carbocycles. The number of benzene rings is 1. The van der Waals surface area contributed by atoms with Crippen LogP contribution in [-0.4, -0.2) is 5.78 Å². The third kappa shape index (κ3) is 2.34. The quantitative estimate of drug-likeness (QED) is 0.675. The number of ketones is 1. The lowest BCUT2D eigenvalue weighted by Crippen LogP contribution is -2.09. The van der Waals surface area contributed by atoms with Crippen molar-refractivity contribution >= 4 is 5.78 Å². The smallest absolute Gasteiger partial charge is 0.160 e. The molecule has 0 aromatic heterocycles. The second-order valence-corrected chi connectivity index (χ2v) is 4.98. The van der Waals surface area contributed by atoms with Crippen LogP contribution in [0.4, 0.5) is 0 Å². The predicted octanol–water partition coefficient (Wildman–Crippen LogP) is 4.25. The van der Waals surface area contributed by atoms with Gasteiger partial charge in [0.25, 0.3) is 0 Å². The zero-order valence-corrected chi connectivity index (χ0v) is 10.3. The minimum Gasteiger partial charge on any atom is -0.295 e. The molecule has 86 valence electrons. The molecule has 1 heteroatoms. The van der Waals surface area contributed by atoms with Gasteiger partial charge in [0.15, 0.2) is 5.78 Å². The van der Waals surface area contributed by atoms with E-state index in [0.717, 1.165) is 5.56 Å². The fourth-order valence-corrected chi connectivity index (χ4v) is 2.75. The number of Topliss-reactive ketones (excluding diaryl/α,β-unsaturated/α-hetero) is 1. The molecule has 0 atom stereocenters. The number of hydrogen-bond donors (Lipinski definition) is 0. The van der Waals surface area contributed by atoms with Crippen LogP contribution in [0.5, 0.6) is 0 Å². The second kappa shape index (κ2) is 4.82. The van der Waals surface area contributed by atoms with Crippen molar-refractivity contribution in [3.63, 3.8) is 0 Å². The van der Waals surface area contributed by atoms with Crippen molar-refractivity contribution in [2.75, 3.05) is 0 Å². The van der Waals surface area contributed by atoms with Gasteiger partial charge in [0, 0.05) is 5.56 Å². The molecular weight excluding hydrogens is 196 g/mol. The molecule has 1 aliphatic carbocycles. The fraction of sp³-hybridized carbons (Fsp3) is 0.533. The first-order valence-electron chi connectivity index (χ1n) is 6.30.